The summed E-state index contributed by atoms with van der Waals surface area (Å²) in [4.78, 5) is 8.83. The van der Waals surface area contributed by atoms with E-state index in [0.717, 1.165) is 17.0 Å². The monoisotopic (exact) mass is 362 g/mol. The highest BCUT2D eigenvalue weighted by atomic mass is 32.2. The molecule has 0 spiro atoms. The highest BCUT2D eigenvalue weighted by Gasteiger charge is 2.28. The first-order chi connectivity index (χ1) is 11.9. The van der Waals surface area contributed by atoms with Crippen molar-refractivity contribution in [3.63, 3.8) is 0 Å². The minimum atomic E-state index is -2.93. The first kappa shape index (κ1) is 17.5. The van der Waals surface area contributed by atoms with Crippen molar-refractivity contribution >= 4 is 21.6 Å². The quantitative estimate of drug-likeness (QED) is 0.812. The van der Waals surface area contributed by atoms with E-state index in [4.69, 9.17) is 4.74 Å². The predicted molar refractivity (Wildman–Crippen MR) is 97.8 cm³/mol. The topological polar surface area (TPSA) is 93.2 Å². The Labute approximate surface area is 147 Å². The third kappa shape index (κ3) is 4.60. The number of hydrogen-bond acceptors (Lipinski definition) is 7. The normalized spacial score (nSPS) is 18.7. The molecule has 1 atom stereocenters. The number of nitrogens with zero attached hydrogens (tertiary/aromatic N) is 2. The smallest absolute Gasteiger partial charge is 0.225 e. The summed E-state index contributed by atoms with van der Waals surface area (Å²) in [5.74, 6) is 2.32. The zero-order valence-electron chi connectivity index (χ0n) is 14.3. The highest BCUT2D eigenvalue weighted by Crippen LogP contribution is 2.20. The standard InChI is InChI=1S/C17H22N4O3S/c1-12-9-16(20-14-7-8-25(22,23)11-14)21-17(19-12)18-10-13-5-3-4-6-15(13)24-2/h3-6,9,14H,7-8,10-11H2,1-2H3,(H2,18,19,20,21). The molecule has 0 radical (unpaired) electrons. The van der Waals surface area contributed by atoms with Crippen LogP contribution in [-0.4, -0.2) is 43.0 Å². The molecule has 1 fully saturated rings. The summed E-state index contributed by atoms with van der Waals surface area (Å²) >= 11 is 0. The lowest BCUT2D eigenvalue weighted by Gasteiger charge is -2.14. The summed E-state index contributed by atoms with van der Waals surface area (Å²) in [6, 6.07) is 9.47. The number of para-hydroxylation sites is 1. The summed E-state index contributed by atoms with van der Waals surface area (Å²) in [6.45, 7) is 2.41. The number of anilines is 2. The van der Waals surface area contributed by atoms with Crippen molar-refractivity contribution in [1.82, 2.24) is 9.97 Å². The molecule has 0 amide bonds. The van der Waals surface area contributed by atoms with E-state index in [2.05, 4.69) is 20.6 Å². The van der Waals surface area contributed by atoms with Gasteiger partial charge in [0.1, 0.15) is 11.6 Å². The van der Waals surface area contributed by atoms with Gasteiger partial charge in [-0.2, -0.15) is 4.98 Å². The number of aromatic nitrogens is 2. The van der Waals surface area contributed by atoms with Gasteiger partial charge in [0, 0.05) is 29.9 Å². The Balaban J connectivity index is 1.69. The van der Waals surface area contributed by atoms with Crippen LogP contribution in [0.5, 0.6) is 5.75 Å². The summed E-state index contributed by atoms with van der Waals surface area (Å²) in [6.07, 6.45) is 0.607. The van der Waals surface area contributed by atoms with Crippen LogP contribution in [0, 0.1) is 6.92 Å². The van der Waals surface area contributed by atoms with Gasteiger partial charge in [0.2, 0.25) is 5.95 Å². The summed E-state index contributed by atoms with van der Waals surface area (Å²) in [5, 5.41) is 6.40. The van der Waals surface area contributed by atoms with E-state index in [1.165, 1.54) is 0 Å². The number of rotatable bonds is 6. The summed E-state index contributed by atoms with van der Waals surface area (Å²) in [5.41, 5.74) is 1.81. The van der Waals surface area contributed by atoms with Crippen molar-refractivity contribution in [2.45, 2.75) is 25.9 Å². The van der Waals surface area contributed by atoms with Crippen molar-refractivity contribution in [2.24, 2.45) is 0 Å². The number of ether oxygens (including phenoxy) is 1. The number of sulfone groups is 1. The third-order valence-electron chi connectivity index (χ3n) is 4.07. The second-order valence-electron chi connectivity index (χ2n) is 6.13. The van der Waals surface area contributed by atoms with Crippen LogP contribution in [0.15, 0.2) is 30.3 Å². The van der Waals surface area contributed by atoms with Crippen LogP contribution in [0.3, 0.4) is 0 Å². The van der Waals surface area contributed by atoms with Gasteiger partial charge in [-0.1, -0.05) is 18.2 Å². The van der Waals surface area contributed by atoms with Gasteiger partial charge in [0.15, 0.2) is 9.84 Å². The van der Waals surface area contributed by atoms with Crippen LogP contribution in [0.4, 0.5) is 11.8 Å². The van der Waals surface area contributed by atoms with E-state index in [-0.39, 0.29) is 17.5 Å². The third-order valence-corrected chi connectivity index (χ3v) is 5.84. The Hall–Kier alpha value is -2.35. The molecule has 0 saturated carbocycles. The van der Waals surface area contributed by atoms with Gasteiger partial charge in [0.25, 0.3) is 0 Å². The van der Waals surface area contributed by atoms with Crippen LogP contribution in [0.1, 0.15) is 17.7 Å². The first-order valence-corrected chi connectivity index (χ1v) is 9.96. The van der Waals surface area contributed by atoms with Crippen molar-refractivity contribution < 1.29 is 13.2 Å². The van der Waals surface area contributed by atoms with E-state index < -0.39 is 9.84 Å². The van der Waals surface area contributed by atoms with Crippen molar-refractivity contribution in [3.05, 3.63) is 41.6 Å². The van der Waals surface area contributed by atoms with Crippen LogP contribution in [0.2, 0.25) is 0 Å². The number of methoxy groups -OCH3 is 1. The Bertz CT molecular complexity index is 855. The molecule has 1 aromatic heterocycles. The molecular formula is C17H22N4O3S. The molecule has 134 valence electrons. The summed E-state index contributed by atoms with van der Waals surface area (Å²) in [7, 11) is -1.29. The molecule has 1 aromatic carbocycles. The molecule has 1 aliphatic rings. The Kier molecular flexibility index (Phi) is 5.08. The van der Waals surface area contributed by atoms with Crippen LogP contribution in [0.25, 0.3) is 0 Å². The molecule has 1 aliphatic heterocycles. The average Bonchev–Trinajstić information content (AvgIpc) is 2.91. The number of benzene rings is 1. The molecule has 2 aromatic rings. The Morgan fingerprint density at radius 1 is 1.28 bits per heavy atom. The van der Waals surface area contributed by atoms with Crippen LogP contribution >= 0.6 is 0 Å². The Morgan fingerprint density at radius 3 is 2.80 bits per heavy atom. The van der Waals surface area contributed by atoms with Gasteiger partial charge in [-0.3, -0.25) is 0 Å². The fourth-order valence-corrected chi connectivity index (χ4v) is 4.54. The van der Waals surface area contributed by atoms with Gasteiger partial charge >= 0.3 is 0 Å². The fraction of sp³-hybridized carbons (Fsp3) is 0.412. The van der Waals surface area contributed by atoms with Gasteiger partial charge in [-0.05, 0) is 19.4 Å². The predicted octanol–water partition coefficient (Wildman–Crippen LogP) is 2.00. The molecule has 3 rings (SSSR count). The molecule has 1 unspecified atom stereocenters. The molecule has 25 heavy (non-hydrogen) atoms. The molecule has 2 heterocycles. The van der Waals surface area contributed by atoms with Crippen molar-refractivity contribution in [3.8, 4) is 5.75 Å². The maximum atomic E-state index is 11.6. The Morgan fingerprint density at radius 2 is 2.08 bits per heavy atom. The zero-order valence-corrected chi connectivity index (χ0v) is 15.1. The largest absolute Gasteiger partial charge is 0.496 e. The lowest BCUT2D eigenvalue weighted by molar-refractivity contribution is 0.410. The summed E-state index contributed by atoms with van der Waals surface area (Å²) < 4.78 is 28.5. The first-order valence-electron chi connectivity index (χ1n) is 8.13. The molecular weight excluding hydrogens is 340 g/mol. The second kappa shape index (κ2) is 7.26. The van der Waals surface area contributed by atoms with E-state index in [1.54, 1.807) is 7.11 Å². The van der Waals surface area contributed by atoms with Gasteiger partial charge in [-0.25, -0.2) is 13.4 Å². The van der Waals surface area contributed by atoms with Crippen LogP contribution < -0.4 is 15.4 Å². The maximum Gasteiger partial charge on any atom is 0.225 e. The van der Waals surface area contributed by atoms with E-state index >= 15 is 0 Å². The van der Waals surface area contributed by atoms with Gasteiger partial charge in [-0.15, -0.1) is 0 Å². The molecule has 2 N–H and O–H groups in total. The maximum absolute atomic E-state index is 11.6. The minimum Gasteiger partial charge on any atom is -0.496 e. The van der Waals surface area contributed by atoms with Crippen LogP contribution in [-0.2, 0) is 16.4 Å². The van der Waals surface area contributed by atoms with E-state index in [1.807, 2.05) is 37.3 Å². The van der Waals surface area contributed by atoms with Gasteiger partial charge < -0.3 is 15.4 Å². The van der Waals surface area contributed by atoms with Crippen molar-refractivity contribution in [2.75, 3.05) is 29.2 Å². The molecule has 7 nitrogen and oxygen atoms in total. The number of hydrogen-bond donors (Lipinski definition) is 2. The zero-order chi connectivity index (χ0) is 17.9. The highest BCUT2D eigenvalue weighted by molar-refractivity contribution is 7.91. The van der Waals surface area contributed by atoms with Gasteiger partial charge in [0.05, 0.1) is 18.6 Å². The lowest BCUT2D eigenvalue weighted by Crippen LogP contribution is -2.21. The second-order valence-corrected chi connectivity index (χ2v) is 8.36. The average molecular weight is 362 g/mol. The molecule has 0 aliphatic carbocycles. The van der Waals surface area contributed by atoms with Crippen molar-refractivity contribution in [1.29, 1.82) is 0 Å². The number of nitrogens with one attached hydrogen (secondary N) is 2. The molecule has 1 saturated heterocycles. The molecule has 8 heteroatoms. The SMILES string of the molecule is COc1ccccc1CNc1nc(C)cc(NC2CCS(=O)(=O)C2)n1. The van der Waals surface area contributed by atoms with E-state index in [0.29, 0.717) is 24.7 Å². The lowest BCUT2D eigenvalue weighted by atomic mass is 10.2. The minimum absolute atomic E-state index is 0.0960. The molecule has 0 bridgehead atoms. The number of aryl methyl sites for hydroxylation is 1. The fourth-order valence-electron chi connectivity index (χ4n) is 2.86. The van der Waals surface area contributed by atoms with E-state index in [9.17, 15) is 8.42 Å².